The molecule has 3 aromatic rings. The van der Waals surface area contributed by atoms with Crippen LogP contribution in [0.4, 0.5) is 10.2 Å². The van der Waals surface area contributed by atoms with Crippen LogP contribution in [0.15, 0.2) is 48.9 Å². The van der Waals surface area contributed by atoms with E-state index in [0.29, 0.717) is 0 Å². The van der Waals surface area contributed by atoms with Crippen molar-refractivity contribution in [2.75, 3.05) is 5.73 Å². The van der Waals surface area contributed by atoms with Gasteiger partial charge in [0.05, 0.1) is 11.9 Å². The fourth-order valence-electron chi connectivity index (χ4n) is 2.20. The van der Waals surface area contributed by atoms with E-state index in [4.69, 9.17) is 11.5 Å². The van der Waals surface area contributed by atoms with Gasteiger partial charge in [0, 0.05) is 29.1 Å². The second kappa shape index (κ2) is 6.44. The number of nitrogens with two attached hydrogens (primary N) is 2. The molecule has 1 amide bonds. The zero-order valence-corrected chi connectivity index (χ0v) is 12.8. The zero-order valence-electron chi connectivity index (χ0n) is 12.8. The van der Waals surface area contributed by atoms with Crippen molar-refractivity contribution in [3.8, 4) is 11.3 Å². The van der Waals surface area contributed by atoms with Crippen LogP contribution in [0.5, 0.6) is 0 Å². The summed E-state index contributed by atoms with van der Waals surface area (Å²) in [6.07, 6.45) is 4.11. The Labute approximate surface area is 141 Å². The fourth-order valence-corrected chi connectivity index (χ4v) is 2.20. The first-order valence-corrected chi connectivity index (χ1v) is 7.14. The maximum absolute atomic E-state index is 14.1. The fraction of sp³-hybridized carbons (Fsp3) is 0. The van der Waals surface area contributed by atoms with E-state index in [9.17, 15) is 14.0 Å². The molecule has 2 aromatic heterocycles. The maximum Gasteiger partial charge on any atom is 0.248 e. The van der Waals surface area contributed by atoms with E-state index in [1.807, 2.05) is 0 Å². The van der Waals surface area contributed by atoms with E-state index < -0.39 is 17.5 Å². The van der Waals surface area contributed by atoms with E-state index in [0.717, 1.165) is 6.07 Å². The summed E-state index contributed by atoms with van der Waals surface area (Å²) in [5.74, 6) is -1.93. The van der Waals surface area contributed by atoms with Crippen LogP contribution < -0.4 is 11.5 Å². The number of aromatic nitrogens is 3. The predicted octanol–water partition coefficient (Wildman–Crippen LogP) is 1.59. The van der Waals surface area contributed by atoms with Crippen molar-refractivity contribution in [2.24, 2.45) is 5.73 Å². The number of hydrogen-bond acceptors (Lipinski definition) is 6. The van der Waals surface area contributed by atoms with Gasteiger partial charge in [0.1, 0.15) is 5.82 Å². The molecular formula is C17H12FN5O2. The normalized spacial score (nSPS) is 10.4. The molecule has 2 heterocycles. The molecule has 0 aliphatic heterocycles. The van der Waals surface area contributed by atoms with E-state index in [1.54, 1.807) is 12.1 Å². The Hall–Kier alpha value is -3.68. The summed E-state index contributed by atoms with van der Waals surface area (Å²) >= 11 is 0. The van der Waals surface area contributed by atoms with Gasteiger partial charge in [0.2, 0.25) is 11.7 Å². The lowest BCUT2D eigenvalue weighted by Crippen LogP contribution is -2.12. The van der Waals surface area contributed by atoms with E-state index in [2.05, 4.69) is 15.0 Å². The minimum atomic E-state index is -0.712. The number of rotatable bonds is 4. The van der Waals surface area contributed by atoms with Gasteiger partial charge in [-0.05, 0) is 30.3 Å². The SMILES string of the molecule is NC(=O)c1ccc(F)c(-c2cnc(N)c(C(=O)c3cccnc3)n2)c1. The Morgan fingerprint density at radius 1 is 1.08 bits per heavy atom. The number of ketones is 1. The predicted molar refractivity (Wildman–Crippen MR) is 88.0 cm³/mol. The number of carbonyl (C=O) groups excluding carboxylic acids is 2. The molecule has 0 unspecified atom stereocenters. The molecular weight excluding hydrogens is 325 g/mol. The minimum absolute atomic E-state index is 0.0102. The molecule has 0 saturated heterocycles. The number of hydrogen-bond donors (Lipinski definition) is 2. The summed E-state index contributed by atoms with van der Waals surface area (Å²) in [5, 5.41) is 0. The van der Waals surface area contributed by atoms with Crippen molar-refractivity contribution >= 4 is 17.5 Å². The third-order valence-corrected chi connectivity index (χ3v) is 3.47. The van der Waals surface area contributed by atoms with Crippen molar-refractivity contribution in [3.05, 3.63) is 71.6 Å². The van der Waals surface area contributed by atoms with Gasteiger partial charge in [-0.25, -0.2) is 14.4 Å². The number of pyridine rings is 1. The molecule has 0 aliphatic carbocycles. The number of nitrogens with zero attached hydrogens (tertiary/aromatic N) is 3. The van der Waals surface area contributed by atoms with Crippen LogP contribution in [0.25, 0.3) is 11.3 Å². The molecule has 7 nitrogen and oxygen atoms in total. The molecule has 0 aliphatic rings. The number of carbonyl (C=O) groups is 2. The summed E-state index contributed by atoms with van der Waals surface area (Å²) in [7, 11) is 0. The standard InChI is InChI=1S/C17H12FN5O2/c18-12-4-3-9(17(20)25)6-11(12)13-8-22-16(19)14(23-13)15(24)10-2-1-5-21-7-10/h1-8H,(H2,19,22)(H2,20,25). The number of amides is 1. The molecule has 8 heteroatoms. The van der Waals surface area contributed by atoms with Crippen molar-refractivity contribution in [2.45, 2.75) is 0 Å². The maximum atomic E-state index is 14.1. The molecule has 0 spiro atoms. The molecule has 25 heavy (non-hydrogen) atoms. The van der Waals surface area contributed by atoms with Crippen molar-refractivity contribution < 1.29 is 14.0 Å². The molecule has 1 aromatic carbocycles. The third-order valence-electron chi connectivity index (χ3n) is 3.47. The van der Waals surface area contributed by atoms with Gasteiger partial charge < -0.3 is 11.5 Å². The van der Waals surface area contributed by atoms with Crippen LogP contribution in [0.1, 0.15) is 26.4 Å². The van der Waals surface area contributed by atoms with Gasteiger partial charge in [0.25, 0.3) is 0 Å². The Balaban J connectivity index is 2.10. The molecule has 3 rings (SSSR count). The summed E-state index contributed by atoms with van der Waals surface area (Å²) in [6.45, 7) is 0. The summed E-state index contributed by atoms with van der Waals surface area (Å²) in [4.78, 5) is 35.7. The highest BCUT2D eigenvalue weighted by molar-refractivity contribution is 6.10. The highest BCUT2D eigenvalue weighted by Gasteiger charge is 2.18. The summed E-state index contributed by atoms with van der Waals surface area (Å²) in [5.41, 5.74) is 11.2. The van der Waals surface area contributed by atoms with Gasteiger partial charge in [-0.1, -0.05) is 0 Å². The van der Waals surface area contributed by atoms with Crippen molar-refractivity contribution in [1.82, 2.24) is 15.0 Å². The second-order valence-corrected chi connectivity index (χ2v) is 5.12. The van der Waals surface area contributed by atoms with Crippen LogP contribution >= 0.6 is 0 Å². The molecule has 0 fully saturated rings. The largest absolute Gasteiger partial charge is 0.382 e. The van der Waals surface area contributed by atoms with Crippen LogP contribution in [0.3, 0.4) is 0 Å². The molecule has 0 atom stereocenters. The third kappa shape index (κ3) is 3.18. The number of primary amides is 1. The first kappa shape index (κ1) is 16.2. The molecule has 124 valence electrons. The Morgan fingerprint density at radius 2 is 1.88 bits per heavy atom. The van der Waals surface area contributed by atoms with Crippen molar-refractivity contribution in [3.63, 3.8) is 0 Å². The van der Waals surface area contributed by atoms with E-state index in [1.165, 1.54) is 30.7 Å². The average molecular weight is 337 g/mol. The average Bonchev–Trinajstić information content (AvgIpc) is 2.62. The quantitative estimate of drug-likeness (QED) is 0.697. The van der Waals surface area contributed by atoms with Crippen LogP contribution in [-0.4, -0.2) is 26.6 Å². The van der Waals surface area contributed by atoms with Crippen LogP contribution in [-0.2, 0) is 0 Å². The lowest BCUT2D eigenvalue weighted by Gasteiger charge is -2.08. The Bertz CT molecular complexity index is 976. The number of anilines is 1. The van der Waals surface area contributed by atoms with Gasteiger partial charge in [-0.15, -0.1) is 0 Å². The summed E-state index contributed by atoms with van der Waals surface area (Å²) < 4.78 is 14.1. The van der Waals surface area contributed by atoms with Gasteiger partial charge in [-0.2, -0.15) is 0 Å². The molecule has 4 N–H and O–H groups in total. The molecule has 0 bridgehead atoms. The number of halogens is 1. The van der Waals surface area contributed by atoms with Crippen LogP contribution in [0, 0.1) is 5.82 Å². The smallest absolute Gasteiger partial charge is 0.248 e. The summed E-state index contributed by atoms with van der Waals surface area (Å²) in [6, 6.07) is 6.74. The van der Waals surface area contributed by atoms with Gasteiger partial charge in [-0.3, -0.25) is 14.6 Å². The Kier molecular flexibility index (Phi) is 4.17. The second-order valence-electron chi connectivity index (χ2n) is 5.12. The number of nitrogen functional groups attached to an aromatic ring is 1. The molecule has 0 radical (unpaired) electrons. The van der Waals surface area contributed by atoms with Crippen molar-refractivity contribution in [1.29, 1.82) is 0 Å². The van der Waals surface area contributed by atoms with Gasteiger partial charge in [0.15, 0.2) is 11.5 Å². The topological polar surface area (TPSA) is 125 Å². The lowest BCUT2D eigenvalue weighted by molar-refractivity contribution is 0.0998. The van der Waals surface area contributed by atoms with E-state index >= 15 is 0 Å². The molecule has 0 saturated carbocycles. The number of benzene rings is 1. The van der Waals surface area contributed by atoms with E-state index in [-0.39, 0.29) is 33.9 Å². The highest BCUT2D eigenvalue weighted by Crippen LogP contribution is 2.24. The minimum Gasteiger partial charge on any atom is -0.382 e. The highest BCUT2D eigenvalue weighted by atomic mass is 19.1. The first-order chi connectivity index (χ1) is 12.0. The zero-order chi connectivity index (χ0) is 18.0. The Morgan fingerprint density at radius 3 is 2.56 bits per heavy atom. The monoisotopic (exact) mass is 337 g/mol. The first-order valence-electron chi connectivity index (χ1n) is 7.14. The lowest BCUT2D eigenvalue weighted by atomic mass is 10.1. The van der Waals surface area contributed by atoms with Gasteiger partial charge >= 0.3 is 0 Å². The van der Waals surface area contributed by atoms with Crippen LogP contribution in [0.2, 0.25) is 0 Å².